The van der Waals surface area contributed by atoms with Crippen LogP contribution in [0.4, 0.5) is 0 Å². The van der Waals surface area contributed by atoms with Crippen LogP contribution in [0, 0.1) is 53.3 Å². The van der Waals surface area contributed by atoms with Crippen molar-refractivity contribution in [3.63, 3.8) is 0 Å². The Kier molecular flexibility index (Phi) is 5.79. The van der Waals surface area contributed by atoms with E-state index in [1.165, 1.54) is 25.7 Å². The first-order chi connectivity index (χ1) is 10.8. The highest BCUT2D eigenvalue weighted by atomic mass is 14.2. The summed E-state index contributed by atoms with van der Waals surface area (Å²) in [5, 5.41) is 0. The molecule has 0 atom stereocenters. The Morgan fingerprint density at radius 1 is 0.682 bits per heavy atom. The lowest BCUT2D eigenvalue weighted by atomic mass is 9.98. The van der Waals surface area contributed by atoms with E-state index >= 15 is 0 Å². The smallest absolute Gasteiger partial charge is 0.0415 e. The van der Waals surface area contributed by atoms with Gasteiger partial charge in [-0.05, 0) is 45.7 Å². The molecule has 0 heterocycles. The second-order valence-corrected chi connectivity index (χ2v) is 5.32. The third-order valence-corrected chi connectivity index (χ3v) is 3.70. The molecule has 22 heavy (non-hydrogen) atoms. The molecular formula is C22H20. The number of hydrogen-bond acceptors (Lipinski definition) is 0. The molecule has 1 aliphatic carbocycles. The molecule has 0 spiro atoms. The summed E-state index contributed by atoms with van der Waals surface area (Å²) in [7, 11) is 0. The zero-order valence-corrected chi connectivity index (χ0v) is 13.6. The molecule has 1 fully saturated rings. The second kappa shape index (κ2) is 8.04. The lowest BCUT2D eigenvalue weighted by Gasteiger charge is -2.03. The molecule has 1 aliphatic rings. The lowest BCUT2D eigenvalue weighted by Crippen LogP contribution is -1.93. The van der Waals surface area contributed by atoms with E-state index in [2.05, 4.69) is 47.4 Å². The topological polar surface area (TPSA) is 0 Å². The first-order valence-electron chi connectivity index (χ1n) is 7.76. The van der Waals surface area contributed by atoms with Gasteiger partial charge in [-0.2, -0.15) is 0 Å². The van der Waals surface area contributed by atoms with Gasteiger partial charge in [0, 0.05) is 28.2 Å². The minimum Gasteiger partial charge on any atom is -0.101 e. The van der Waals surface area contributed by atoms with E-state index in [1.54, 1.807) is 0 Å². The Labute approximate surface area is 134 Å². The highest BCUT2D eigenvalue weighted by molar-refractivity contribution is 5.61. The fourth-order valence-corrected chi connectivity index (χ4v) is 2.67. The van der Waals surface area contributed by atoms with Crippen LogP contribution in [0.3, 0.4) is 0 Å². The molecule has 0 radical (unpaired) electrons. The van der Waals surface area contributed by atoms with Crippen LogP contribution in [0.25, 0.3) is 0 Å². The average molecular weight is 284 g/mol. The van der Waals surface area contributed by atoms with Crippen molar-refractivity contribution in [3.05, 3.63) is 34.4 Å². The van der Waals surface area contributed by atoms with Gasteiger partial charge in [-0.3, -0.25) is 0 Å². The van der Waals surface area contributed by atoms with Gasteiger partial charge in [0.05, 0.1) is 0 Å². The molecule has 1 aromatic rings. The van der Waals surface area contributed by atoms with Crippen LogP contribution < -0.4 is 0 Å². The number of rotatable bonds is 0. The first kappa shape index (κ1) is 15.8. The summed E-state index contributed by atoms with van der Waals surface area (Å²) in [6.07, 6.45) is 5.06. The molecule has 0 unspecified atom stereocenters. The van der Waals surface area contributed by atoms with Crippen molar-refractivity contribution in [2.24, 2.45) is 5.92 Å². The average Bonchev–Trinajstić information content (AvgIpc) is 3.02. The van der Waals surface area contributed by atoms with Gasteiger partial charge in [-0.25, -0.2) is 0 Å². The standard InChI is InChI=1S/C22H20/c1-4-9-19-16-21(11-6-3)22(17-20(19)10-5-2)15-14-18-12-7-8-13-18/h16-18H,7-8,12-13H2,1-3H3. The lowest BCUT2D eigenvalue weighted by molar-refractivity contribution is 0.712. The van der Waals surface area contributed by atoms with Gasteiger partial charge in [0.15, 0.2) is 0 Å². The molecule has 0 aliphatic heterocycles. The van der Waals surface area contributed by atoms with Crippen LogP contribution in [0.15, 0.2) is 12.1 Å². The zero-order valence-electron chi connectivity index (χ0n) is 13.6. The first-order valence-corrected chi connectivity index (χ1v) is 7.76. The molecule has 0 N–H and O–H groups in total. The van der Waals surface area contributed by atoms with Gasteiger partial charge >= 0.3 is 0 Å². The SMILES string of the molecule is CC#Cc1cc(C#CC)c(C#CC2CCCC2)cc1C#CC. The third kappa shape index (κ3) is 3.98. The van der Waals surface area contributed by atoms with Crippen molar-refractivity contribution >= 4 is 0 Å². The molecule has 1 aromatic carbocycles. The van der Waals surface area contributed by atoms with E-state index in [0.29, 0.717) is 5.92 Å². The fourth-order valence-electron chi connectivity index (χ4n) is 2.67. The normalized spacial score (nSPS) is 12.7. The maximum Gasteiger partial charge on any atom is 0.0415 e. The predicted molar refractivity (Wildman–Crippen MR) is 92.9 cm³/mol. The summed E-state index contributed by atoms with van der Waals surface area (Å²) in [5.74, 6) is 25.6. The Balaban J connectivity index is 2.52. The molecular weight excluding hydrogens is 264 g/mol. The van der Waals surface area contributed by atoms with E-state index in [4.69, 9.17) is 0 Å². The predicted octanol–water partition coefficient (Wildman–Crippen LogP) is 4.34. The zero-order chi connectivity index (χ0) is 15.8. The van der Waals surface area contributed by atoms with Crippen molar-refractivity contribution in [2.75, 3.05) is 0 Å². The molecule has 0 bridgehead atoms. The van der Waals surface area contributed by atoms with Crippen LogP contribution in [0.2, 0.25) is 0 Å². The highest BCUT2D eigenvalue weighted by Gasteiger charge is 2.12. The van der Waals surface area contributed by atoms with Crippen LogP contribution in [-0.4, -0.2) is 0 Å². The van der Waals surface area contributed by atoms with Gasteiger partial charge in [0.1, 0.15) is 0 Å². The van der Waals surface area contributed by atoms with Gasteiger partial charge in [-0.15, -0.1) is 17.8 Å². The van der Waals surface area contributed by atoms with Crippen LogP contribution in [-0.2, 0) is 0 Å². The van der Waals surface area contributed by atoms with E-state index < -0.39 is 0 Å². The van der Waals surface area contributed by atoms with Crippen molar-refractivity contribution in [2.45, 2.75) is 46.5 Å². The molecule has 0 heteroatoms. The fraction of sp³-hybridized carbons (Fsp3) is 0.364. The van der Waals surface area contributed by atoms with Crippen LogP contribution in [0.1, 0.15) is 68.7 Å². The van der Waals surface area contributed by atoms with Crippen molar-refractivity contribution in [1.29, 1.82) is 0 Å². The molecule has 0 nitrogen and oxygen atoms in total. The highest BCUT2D eigenvalue weighted by Crippen LogP contribution is 2.24. The summed E-state index contributed by atoms with van der Waals surface area (Å²) >= 11 is 0. The van der Waals surface area contributed by atoms with Gasteiger partial charge in [0.2, 0.25) is 0 Å². The Morgan fingerprint density at radius 3 is 1.50 bits per heavy atom. The van der Waals surface area contributed by atoms with Crippen molar-refractivity contribution in [1.82, 2.24) is 0 Å². The van der Waals surface area contributed by atoms with Gasteiger partial charge in [-0.1, -0.05) is 42.4 Å². The number of benzene rings is 1. The Hall–Kier alpha value is -2.54. The largest absolute Gasteiger partial charge is 0.101 e. The van der Waals surface area contributed by atoms with E-state index in [0.717, 1.165) is 22.3 Å². The van der Waals surface area contributed by atoms with Crippen molar-refractivity contribution in [3.8, 4) is 47.4 Å². The molecule has 0 amide bonds. The summed E-state index contributed by atoms with van der Waals surface area (Å²) in [4.78, 5) is 0. The monoisotopic (exact) mass is 284 g/mol. The summed E-state index contributed by atoms with van der Waals surface area (Å²) in [6.45, 7) is 5.52. The Bertz CT molecular complexity index is 787. The van der Waals surface area contributed by atoms with Crippen LogP contribution in [0.5, 0.6) is 0 Å². The van der Waals surface area contributed by atoms with Crippen molar-refractivity contribution < 1.29 is 0 Å². The van der Waals surface area contributed by atoms with E-state index in [9.17, 15) is 0 Å². The van der Waals surface area contributed by atoms with Gasteiger partial charge in [0.25, 0.3) is 0 Å². The van der Waals surface area contributed by atoms with E-state index in [-0.39, 0.29) is 0 Å². The maximum absolute atomic E-state index is 3.42. The molecule has 1 saturated carbocycles. The quantitative estimate of drug-likeness (QED) is 0.622. The third-order valence-electron chi connectivity index (χ3n) is 3.70. The molecule has 0 aromatic heterocycles. The second-order valence-electron chi connectivity index (χ2n) is 5.32. The van der Waals surface area contributed by atoms with Crippen LogP contribution >= 0.6 is 0 Å². The minimum atomic E-state index is 0.540. The molecule has 2 rings (SSSR count). The van der Waals surface area contributed by atoms with Gasteiger partial charge < -0.3 is 0 Å². The molecule has 108 valence electrons. The maximum atomic E-state index is 3.42. The number of hydrogen-bond donors (Lipinski definition) is 0. The minimum absolute atomic E-state index is 0.540. The summed E-state index contributed by atoms with van der Waals surface area (Å²) < 4.78 is 0. The Morgan fingerprint density at radius 2 is 1.09 bits per heavy atom. The van der Waals surface area contributed by atoms with E-state index in [1.807, 2.05) is 32.9 Å². The molecule has 0 saturated heterocycles. The summed E-state index contributed by atoms with van der Waals surface area (Å²) in [6, 6.07) is 4.06. The summed E-state index contributed by atoms with van der Waals surface area (Å²) in [5.41, 5.74) is 3.79.